The average Bonchev–Trinajstić information content (AvgIpc) is 2.84. The van der Waals surface area contributed by atoms with Gasteiger partial charge in [-0.2, -0.15) is 12.7 Å². The number of carbonyl (C=O) groups excluding carboxylic acids is 1. The van der Waals surface area contributed by atoms with E-state index in [1.807, 2.05) is 0 Å². The predicted molar refractivity (Wildman–Crippen MR) is 62.4 cm³/mol. The molecule has 0 amide bonds. The topological polar surface area (TPSA) is 63.7 Å². The standard InChI is InChI=1S/C11H19NO4S/c13-11(10-6-2-1-3-7-10)16-17(14,15)12-8-4-5-9-12/h10H,1-9H2. The maximum atomic E-state index is 11.8. The Kier molecular flexibility index (Phi) is 4.04. The molecule has 0 N–H and O–H groups in total. The second kappa shape index (κ2) is 5.35. The molecule has 0 unspecified atom stereocenters. The minimum Gasteiger partial charge on any atom is -0.334 e. The summed E-state index contributed by atoms with van der Waals surface area (Å²) < 4.78 is 29.5. The summed E-state index contributed by atoms with van der Waals surface area (Å²) in [6, 6.07) is 0. The molecule has 0 bridgehead atoms. The summed E-state index contributed by atoms with van der Waals surface area (Å²) in [5.74, 6) is -0.780. The van der Waals surface area contributed by atoms with Gasteiger partial charge < -0.3 is 4.18 Å². The zero-order chi connectivity index (χ0) is 12.3. The van der Waals surface area contributed by atoms with Crippen LogP contribution in [0.25, 0.3) is 0 Å². The van der Waals surface area contributed by atoms with Gasteiger partial charge in [0.05, 0.1) is 5.92 Å². The van der Waals surface area contributed by atoms with Crippen molar-refractivity contribution < 1.29 is 17.4 Å². The van der Waals surface area contributed by atoms with Crippen LogP contribution in [0.3, 0.4) is 0 Å². The van der Waals surface area contributed by atoms with E-state index in [4.69, 9.17) is 4.18 Å². The maximum Gasteiger partial charge on any atom is 0.387 e. The summed E-state index contributed by atoms with van der Waals surface area (Å²) in [6.07, 6.45) is 6.32. The van der Waals surface area contributed by atoms with Crippen molar-refractivity contribution in [2.75, 3.05) is 13.1 Å². The highest BCUT2D eigenvalue weighted by molar-refractivity contribution is 7.84. The van der Waals surface area contributed by atoms with Crippen LogP contribution in [0.2, 0.25) is 0 Å². The van der Waals surface area contributed by atoms with Crippen molar-refractivity contribution in [2.24, 2.45) is 5.92 Å². The van der Waals surface area contributed by atoms with Crippen molar-refractivity contribution in [2.45, 2.75) is 44.9 Å². The zero-order valence-corrected chi connectivity index (χ0v) is 10.7. The van der Waals surface area contributed by atoms with E-state index in [-0.39, 0.29) is 5.92 Å². The molecule has 1 saturated carbocycles. The summed E-state index contributed by atoms with van der Waals surface area (Å²) in [5.41, 5.74) is 0. The fraction of sp³-hybridized carbons (Fsp3) is 0.909. The normalized spacial score (nSPS) is 23.8. The zero-order valence-electron chi connectivity index (χ0n) is 9.93. The summed E-state index contributed by atoms with van der Waals surface area (Å²) in [5, 5.41) is 0. The van der Waals surface area contributed by atoms with Crippen LogP contribution in [-0.4, -0.2) is 31.8 Å². The van der Waals surface area contributed by atoms with E-state index in [2.05, 4.69) is 0 Å². The molecule has 98 valence electrons. The van der Waals surface area contributed by atoms with Gasteiger partial charge in [-0.25, -0.2) is 0 Å². The van der Waals surface area contributed by atoms with Crippen LogP contribution in [0.5, 0.6) is 0 Å². The highest BCUT2D eigenvalue weighted by Crippen LogP contribution is 2.26. The quantitative estimate of drug-likeness (QED) is 0.771. The Hall–Kier alpha value is -0.620. The van der Waals surface area contributed by atoms with Crippen LogP contribution < -0.4 is 0 Å². The Morgan fingerprint density at radius 1 is 1.00 bits per heavy atom. The molecule has 1 aliphatic carbocycles. The lowest BCUT2D eigenvalue weighted by molar-refractivity contribution is -0.139. The number of rotatable bonds is 3. The Labute approximate surface area is 102 Å². The van der Waals surface area contributed by atoms with Gasteiger partial charge in [0, 0.05) is 13.1 Å². The average molecular weight is 261 g/mol. The van der Waals surface area contributed by atoms with Crippen molar-refractivity contribution in [3.63, 3.8) is 0 Å². The van der Waals surface area contributed by atoms with Gasteiger partial charge in [-0.1, -0.05) is 19.3 Å². The van der Waals surface area contributed by atoms with E-state index in [1.54, 1.807) is 0 Å². The fourth-order valence-corrected chi connectivity index (χ4v) is 3.63. The third-order valence-corrected chi connectivity index (χ3v) is 4.88. The molecule has 1 saturated heterocycles. The highest BCUT2D eigenvalue weighted by atomic mass is 32.2. The van der Waals surface area contributed by atoms with Crippen molar-refractivity contribution in [3.8, 4) is 0 Å². The predicted octanol–water partition coefficient (Wildman–Crippen LogP) is 1.45. The van der Waals surface area contributed by atoms with Gasteiger partial charge >= 0.3 is 16.3 Å². The summed E-state index contributed by atoms with van der Waals surface area (Å²) in [6.45, 7) is 0.945. The first kappa shape index (κ1) is 12.8. The molecule has 0 aromatic heterocycles. The Bertz CT molecular complexity index is 367. The summed E-state index contributed by atoms with van der Waals surface area (Å²) in [4.78, 5) is 11.7. The molecule has 0 radical (unpaired) electrons. The van der Waals surface area contributed by atoms with Crippen LogP contribution in [0.4, 0.5) is 0 Å². The first-order valence-electron chi connectivity index (χ1n) is 6.33. The van der Waals surface area contributed by atoms with Gasteiger partial charge in [0.1, 0.15) is 0 Å². The van der Waals surface area contributed by atoms with Gasteiger partial charge in [-0.15, -0.1) is 0 Å². The van der Waals surface area contributed by atoms with Crippen LogP contribution in [-0.2, 0) is 19.3 Å². The lowest BCUT2D eigenvalue weighted by Gasteiger charge is -2.21. The summed E-state index contributed by atoms with van der Waals surface area (Å²) >= 11 is 0. The first-order chi connectivity index (χ1) is 8.09. The van der Waals surface area contributed by atoms with E-state index >= 15 is 0 Å². The van der Waals surface area contributed by atoms with Gasteiger partial charge in [0.2, 0.25) is 0 Å². The minimum absolute atomic E-state index is 0.221. The molecule has 17 heavy (non-hydrogen) atoms. The monoisotopic (exact) mass is 261 g/mol. The molecule has 0 aromatic carbocycles. The Morgan fingerprint density at radius 2 is 1.59 bits per heavy atom. The van der Waals surface area contributed by atoms with E-state index in [1.165, 1.54) is 4.31 Å². The third-order valence-electron chi connectivity index (χ3n) is 3.51. The molecule has 5 nitrogen and oxygen atoms in total. The van der Waals surface area contributed by atoms with E-state index in [0.717, 1.165) is 44.9 Å². The van der Waals surface area contributed by atoms with Crippen LogP contribution in [0, 0.1) is 5.92 Å². The minimum atomic E-state index is -3.82. The number of hydrogen-bond acceptors (Lipinski definition) is 4. The van der Waals surface area contributed by atoms with E-state index in [9.17, 15) is 13.2 Å². The second-order valence-electron chi connectivity index (χ2n) is 4.80. The first-order valence-corrected chi connectivity index (χ1v) is 7.69. The van der Waals surface area contributed by atoms with Crippen LogP contribution >= 0.6 is 0 Å². The molecule has 6 heteroatoms. The summed E-state index contributed by atoms with van der Waals surface area (Å²) in [7, 11) is -3.82. The van der Waals surface area contributed by atoms with Crippen LogP contribution in [0.1, 0.15) is 44.9 Å². The van der Waals surface area contributed by atoms with Crippen molar-refractivity contribution in [1.29, 1.82) is 0 Å². The number of carbonyl (C=O) groups is 1. The molecule has 0 atom stereocenters. The van der Waals surface area contributed by atoms with Gasteiger partial charge in [-0.3, -0.25) is 4.79 Å². The molecule has 2 fully saturated rings. The van der Waals surface area contributed by atoms with Gasteiger partial charge in [-0.05, 0) is 25.7 Å². The molecule has 1 aliphatic heterocycles. The van der Waals surface area contributed by atoms with Crippen molar-refractivity contribution in [1.82, 2.24) is 4.31 Å². The van der Waals surface area contributed by atoms with Crippen molar-refractivity contribution >= 4 is 16.3 Å². The van der Waals surface area contributed by atoms with Crippen LogP contribution in [0.15, 0.2) is 0 Å². The SMILES string of the molecule is O=C(OS(=O)(=O)N1CCCC1)C1CCCCC1. The molecule has 2 aliphatic rings. The lowest BCUT2D eigenvalue weighted by Crippen LogP contribution is -2.33. The lowest BCUT2D eigenvalue weighted by atomic mass is 9.90. The van der Waals surface area contributed by atoms with Gasteiger partial charge in [0.25, 0.3) is 0 Å². The highest BCUT2D eigenvalue weighted by Gasteiger charge is 2.32. The van der Waals surface area contributed by atoms with E-state index < -0.39 is 16.3 Å². The number of nitrogens with zero attached hydrogens (tertiary/aromatic N) is 1. The Balaban J connectivity index is 1.92. The Morgan fingerprint density at radius 3 is 2.18 bits per heavy atom. The fourth-order valence-electron chi connectivity index (χ4n) is 2.47. The van der Waals surface area contributed by atoms with Crippen molar-refractivity contribution in [3.05, 3.63) is 0 Å². The maximum absolute atomic E-state index is 11.8. The molecule has 1 heterocycles. The van der Waals surface area contributed by atoms with Gasteiger partial charge in [0.15, 0.2) is 0 Å². The molecular formula is C11H19NO4S. The molecule has 0 aromatic rings. The van der Waals surface area contributed by atoms with E-state index in [0.29, 0.717) is 13.1 Å². The second-order valence-corrected chi connectivity index (χ2v) is 6.34. The molecular weight excluding hydrogens is 242 g/mol. The largest absolute Gasteiger partial charge is 0.387 e. The third kappa shape index (κ3) is 3.19. The smallest absolute Gasteiger partial charge is 0.334 e. The molecule has 2 rings (SSSR count). The number of hydrogen-bond donors (Lipinski definition) is 0. The molecule has 0 spiro atoms.